The van der Waals surface area contributed by atoms with E-state index in [-0.39, 0.29) is 19.1 Å². The molecule has 0 fully saturated rings. The van der Waals surface area contributed by atoms with Gasteiger partial charge in [-0.25, -0.2) is 0 Å². The van der Waals surface area contributed by atoms with Crippen molar-refractivity contribution in [3.8, 4) is 0 Å². The van der Waals surface area contributed by atoms with Gasteiger partial charge in [0.25, 0.3) is 0 Å². The summed E-state index contributed by atoms with van der Waals surface area (Å²) in [6, 6.07) is 0. The second-order valence-corrected chi connectivity index (χ2v) is 2.82. The fraction of sp³-hybridized carbons (Fsp3) is 1.00. The molecule has 3 nitrogen and oxygen atoms in total. The summed E-state index contributed by atoms with van der Waals surface area (Å²) in [6.45, 7) is 1.10. The molecule has 0 aliphatic carbocycles. The third-order valence-electron chi connectivity index (χ3n) is 1.50. The molecule has 0 aromatic carbocycles. The van der Waals surface area contributed by atoms with Gasteiger partial charge in [-0.1, -0.05) is 0 Å². The quantitative estimate of drug-likeness (QED) is 0.553. The Balaban J connectivity index is 3.26. The van der Waals surface area contributed by atoms with Gasteiger partial charge in [-0.05, 0) is 27.1 Å². The van der Waals surface area contributed by atoms with Gasteiger partial charge in [0.15, 0.2) is 0 Å². The minimum absolute atomic E-state index is 0.0578. The first kappa shape index (κ1) is 9.88. The van der Waals surface area contributed by atoms with Crippen LogP contribution in [0.5, 0.6) is 0 Å². The molecule has 0 spiro atoms. The van der Waals surface area contributed by atoms with Gasteiger partial charge in [-0.15, -0.1) is 0 Å². The molecule has 0 saturated heterocycles. The van der Waals surface area contributed by atoms with Crippen LogP contribution in [-0.4, -0.2) is 49.0 Å². The first-order chi connectivity index (χ1) is 4.70. The Kier molecular flexibility index (Phi) is 5.58. The van der Waals surface area contributed by atoms with Crippen LogP contribution in [0.4, 0.5) is 0 Å². The van der Waals surface area contributed by atoms with Crippen LogP contribution in [0.15, 0.2) is 0 Å². The molecule has 0 saturated carbocycles. The van der Waals surface area contributed by atoms with Gasteiger partial charge in [0.2, 0.25) is 0 Å². The summed E-state index contributed by atoms with van der Waals surface area (Å²) in [5.74, 6) is 0.0578. The number of hydrogen-bond acceptors (Lipinski definition) is 3. The molecule has 0 rings (SSSR count). The van der Waals surface area contributed by atoms with Crippen LogP contribution in [0.25, 0.3) is 0 Å². The van der Waals surface area contributed by atoms with Crippen LogP contribution in [0.3, 0.4) is 0 Å². The average Bonchev–Trinajstić information content (AvgIpc) is 1.90. The van der Waals surface area contributed by atoms with Gasteiger partial charge in [-0.3, -0.25) is 0 Å². The number of aliphatic hydroxyl groups excluding tert-OH is 2. The Morgan fingerprint density at radius 2 is 1.70 bits per heavy atom. The summed E-state index contributed by atoms with van der Waals surface area (Å²) < 4.78 is 0. The molecule has 0 heterocycles. The molecular weight excluding hydrogens is 130 g/mol. The molecule has 0 atom stereocenters. The molecule has 2 N–H and O–H groups in total. The maximum Gasteiger partial charge on any atom is 0.0481 e. The standard InChI is InChI=1S/C7H17NO2/c1-8(2)4-3-7(5-9)6-10/h7,9-10H,3-6H2,1-2H3. The van der Waals surface area contributed by atoms with Crippen molar-refractivity contribution >= 4 is 0 Å². The molecule has 0 aromatic rings. The van der Waals surface area contributed by atoms with Crippen molar-refractivity contribution in [2.24, 2.45) is 5.92 Å². The molecule has 0 radical (unpaired) electrons. The van der Waals surface area contributed by atoms with Gasteiger partial charge in [0.05, 0.1) is 0 Å². The lowest BCUT2D eigenvalue weighted by Gasteiger charge is -2.14. The number of hydrogen-bond donors (Lipinski definition) is 2. The normalized spacial score (nSPS) is 11.4. The van der Waals surface area contributed by atoms with E-state index in [1.165, 1.54) is 0 Å². The molecule has 3 heteroatoms. The minimum Gasteiger partial charge on any atom is -0.396 e. The molecule has 10 heavy (non-hydrogen) atoms. The fourth-order valence-electron chi connectivity index (χ4n) is 0.681. The molecule has 0 aliphatic rings. The highest BCUT2D eigenvalue weighted by Crippen LogP contribution is 2.00. The lowest BCUT2D eigenvalue weighted by molar-refractivity contribution is 0.136. The minimum atomic E-state index is 0.0578. The van der Waals surface area contributed by atoms with E-state index in [4.69, 9.17) is 10.2 Å². The highest BCUT2D eigenvalue weighted by molar-refractivity contribution is 4.56. The van der Waals surface area contributed by atoms with Crippen LogP contribution in [0.2, 0.25) is 0 Å². The Bertz CT molecular complexity index is 72.0. The maximum atomic E-state index is 8.66. The van der Waals surface area contributed by atoms with Crippen LogP contribution in [0.1, 0.15) is 6.42 Å². The van der Waals surface area contributed by atoms with Crippen molar-refractivity contribution in [2.45, 2.75) is 6.42 Å². The summed E-state index contributed by atoms with van der Waals surface area (Å²) in [5.41, 5.74) is 0. The molecular formula is C7H17NO2. The predicted molar refractivity (Wildman–Crippen MR) is 40.8 cm³/mol. The van der Waals surface area contributed by atoms with Gasteiger partial charge in [0, 0.05) is 19.1 Å². The molecule has 0 aliphatic heterocycles. The second-order valence-electron chi connectivity index (χ2n) is 2.82. The molecule has 0 unspecified atom stereocenters. The summed E-state index contributed by atoms with van der Waals surface area (Å²) in [6.07, 6.45) is 0.861. The van der Waals surface area contributed by atoms with Gasteiger partial charge >= 0.3 is 0 Å². The van der Waals surface area contributed by atoms with Crippen LogP contribution < -0.4 is 0 Å². The van der Waals surface area contributed by atoms with Gasteiger partial charge in [0.1, 0.15) is 0 Å². The van der Waals surface area contributed by atoms with Crippen molar-refractivity contribution in [1.29, 1.82) is 0 Å². The molecule has 62 valence electrons. The third-order valence-corrected chi connectivity index (χ3v) is 1.50. The first-order valence-corrected chi connectivity index (χ1v) is 3.57. The van der Waals surface area contributed by atoms with E-state index in [0.29, 0.717) is 0 Å². The summed E-state index contributed by atoms with van der Waals surface area (Å²) in [7, 11) is 3.96. The zero-order valence-corrected chi connectivity index (χ0v) is 6.75. The Morgan fingerprint density at radius 1 is 1.20 bits per heavy atom. The Hall–Kier alpha value is -0.120. The lowest BCUT2D eigenvalue weighted by atomic mass is 10.1. The summed E-state index contributed by atoms with van der Waals surface area (Å²) in [5, 5.41) is 17.3. The fourth-order valence-corrected chi connectivity index (χ4v) is 0.681. The monoisotopic (exact) mass is 147 g/mol. The largest absolute Gasteiger partial charge is 0.396 e. The van der Waals surface area contributed by atoms with E-state index in [1.54, 1.807) is 0 Å². The van der Waals surface area contributed by atoms with E-state index in [1.807, 2.05) is 19.0 Å². The second kappa shape index (κ2) is 5.65. The van der Waals surface area contributed by atoms with Crippen molar-refractivity contribution in [1.82, 2.24) is 4.90 Å². The molecule has 0 bridgehead atoms. The van der Waals surface area contributed by atoms with E-state index < -0.39 is 0 Å². The Morgan fingerprint density at radius 3 is 2.00 bits per heavy atom. The van der Waals surface area contributed by atoms with Gasteiger partial charge in [-0.2, -0.15) is 0 Å². The van der Waals surface area contributed by atoms with Crippen molar-refractivity contribution in [3.05, 3.63) is 0 Å². The van der Waals surface area contributed by atoms with Crippen LogP contribution in [-0.2, 0) is 0 Å². The smallest absolute Gasteiger partial charge is 0.0481 e. The van der Waals surface area contributed by atoms with Gasteiger partial charge < -0.3 is 15.1 Å². The molecule has 0 aromatic heterocycles. The van der Waals surface area contributed by atoms with Crippen molar-refractivity contribution in [2.75, 3.05) is 33.9 Å². The maximum absolute atomic E-state index is 8.66. The summed E-state index contributed by atoms with van der Waals surface area (Å²) in [4.78, 5) is 2.04. The van der Waals surface area contributed by atoms with Crippen molar-refractivity contribution in [3.63, 3.8) is 0 Å². The highest BCUT2D eigenvalue weighted by atomic mass is 16.3. The predicted octanol–water partition coefficient (Wildman–Crippen LogP) is -0.461. The summed E-state index contributed by atoms with van der Waals surface area (Å²) >= 11 is 0. The number of rotatable bonds is 5. The van der Waals surface area contributed by atoms with Crippen LogP contribution in [0, 0.1) is 5.92 Å². The first-order valence-electron chi connectivity index (χ1n) is 3.57. The lowest BCUT2D eigenvalue weighted by Crippen LogP contribution is -2.20. The molecule has 0 amide bonds. The van der Waals surface area contributed by atoms with E-state index >= 15 is 0 Å². The highest BCUT2D eigenvalue weighted by Gasteiger charge is 2.04. The zero-order chi connectivity index (χ0) is 7.98. The number of aliphatic hydroxyl groups is 2. The van der Waals surface area contributed by atoms with E-state index in [2.05, 4.69) is 0 Å². The van der Waals surface area contributed by atoms with E-state index in [9.17, 15) is 0 Å². The van der Waals surface area contributed by atoms with Crippen molar-refractivity contribution < 1.29 is 10.2 Å². The SMILES string of the molecule is CN(C)CCC(CO)CO. The Labute approximate surface area is 62.3 Å². The van der Waals surface area contributed by atoms with Crippen LogP contribution >= 0.6 is 0 Å². The zero-order valence-electron chi connectivity index (χ0n) is 6.75. The topological polar surface area (TPSA) is 43.7 Å². The third kappa shape index (κ3) is 4.73. The average molecular weight is 147 g/mol. The number of nitrogens with zero attached hydrogens (tertiary/aromatic N) is 1. The van der Waals surface area contributed by atoms with E-state index in [0.717, 1.165) is 13.0 Å².